The fourth-order valence-electron chi connectivity index (χ4n) is 0.833. The van der Waals surface area contributed by atoms with Gasteiger partial charge in [0.05, 0.1) is 5.33 Å². The van der Waals surface area contributed by atoms with Crippen molar-refractivity contribution in [2.75, 3.05) is 5.33 Å². The van der Waals surface area contributed by atoms with E-state index in [0.717, 1.165) is 4.47 Å². The summed E-state index contributed by atoms with van der Waals surface area (Å²) in [5.41, 5.74) is 5.01. The minimum Gasteiger partial charge on any atom is -0.272 e. The number of nitrogens with one attached hydrogen (secondary N) is 2. The van der Waals surface area contributed by atoms with Gasteiger partial charge in [-0.15, -0.1) is 0 Å². The Morgan fingerprint density at radius 1 is 1.13 bits per heavy atom. The molecule has 0 bridgehead atoms. The van der Waals surface area contributed by atoms with E-state index in [0.29, 0.717) is 5.56 Å². The molecule has 1 aromatic carbocycles. The van der Waals surface area contributed by atoms with Crippen molar-refractivity contribution in [2.45, 2.75) is 0 Å². The van der Waals surface area contributed by atoms with E-state index in [2.05, 4.69) is 42.7 Å². The molecule has 0 saturated heterocycles. The van der Waals surface area contributed by atoms with Crippen molar-refractivity contribution in [3.8, 4) is 0 Å². The average Bonchev–Trinajstić information content (AvgIpc) is 2.26. The highest BCUT2D eigenvalue weighted by molar-refractivity contribution is 9.10. The van der Waals surface area contributed by atoms with Gasteiger partial charge in [0.25, 0.3) is 5.91 Å². The summed E-state index contributed by atoms with van der Waals surface area (Å²) in [5, 5.41) is 0.146. The van der Waals surface area contributed by atoms with Crippen molar-refractivity contribution in [2.24, 2.45) is 0 Å². The van der Waals surface area contributed by atoms with Crippen LogP contribution in [-0.2, 0) is 4.79 Å². The molecule has 4 nitrogen and oxygen atoms in total. The van der Waals surface area contributed by atoms with Gasteiger partial charge in [0.2, 0.25) is 5.91 Å². The molecule has 1 aromatic rings. The molecule has 1 rings (SSSR count). The first-order chi connectivity index (χ1) is 7.13. The fraction of sp³-hybridized carbons (Fsp3) is 0.111. The Kier molecular flexibility index (Phi) is 4.77. The first kappa shape index (κ1) is 12.2. The third kappa shape index (κ3) is 4.01. The van der Waals surface area contributed by atoms with Crippen molar-refractivity contribution in [1.29, 1.82) is 0 Å². The molecule has 0 radical (unpaired) electrons. The highest BCUT2D eigenvalue weighted by Crippen LogP contribution is 2.09. The smallest absolute Gasteiger partial charge is 0.269 e. The second-order valence-electron chi connectivity index (χ2n) is 2.64. The Hall–Kier alpha value is -0.880. The van der Waals surface area contributed by atoms with Crippen LogP contribution in [0.1, 0.15) is 10.4 Å². The second kappa shape index (κ2) is 5.87. The molecule has 0 fully saturated rings. The van der Waals surface area contributed by atoms with Gasteiger partial charge in [-0.3, -0.25) is 20.4 Å². The predicted molar refractivity (Wildman–Crippen MR) is 63.5 cm³/mol. The van der Waals surface area contributed by atoms with Crippen LogP contribution < -0.4 is 10.9 Å². The van der Waals surface area contributed by atoms with Crippen LogP contribution in [0, 0.1) is 0 Å². The number of amides is 2. The van der Waals surface area contributed by atoms with Gasteiger partial charge in [-0.1, -0.05) is 31.9 Å². The molecule has 6 heteroatoms. The van der Waals surface area contributed by atoms with Crippen LogP contribution in [-0.4, -0.2) is 17.1 Å². The van der Waals surface area contributed by atoms with E-state index in [4.69, 9.17) is 0 Å². The first-order valence-electron chi connectivity index (χ1n) is 4.04. The number of benzene rings is 1. The maximum absolute atomic E-state index is 11.4. The zero-order valence-corrected chi connectivity index (χ0v) is 10.8. The van der Waals surface area contributed by atoms with E-state index in [1.165, 1.54) is 0 Å². The van der Waals surface area contributed by atoms with E-state index < -0.39 is 0 Å². The molecule has 0 saturated carbocycles. The summed E-state index contributed by atoms with van der Waals surface area (Å²) in [5.74, 6) is -0.655. The molecule has 0 aromatic heterocycles. The van der Waals surface area contributed by atoms with Crippen molar-refractivity contribution >= 4 is 43.7 Å². The van der Waals surface area contributed by atoms with Crippen LogP contribution >= 0.6 is 31.9 Å². The normalized spacial score (nSPS) is 9.47. The number of hydrogen-bond acceptors (Lipinski definition) is 2. The summed E-state index contributed by atoms with van der Waals surface area (Å²) in [4.78, 5) is 22.2. The molecule has 0 unspecified atom stereocenters. The molecular formula is C9H8Br2N2O2. The van der Waals surface area contributed by atoms with Crippen LogP contribution in [0.2, 0.25) is 0 Å². The molecular weight excluding hydrogens is 328 g/mol. The Labute approximate surface area is 104 Å². The summed E-state index contributed by atoms with van der Waals surface area (Å²) in [6.07, 6.45) is 0. The van der Waals surface area contributed by atoms with Gasteiger partial charge in [0.15, 0.2) is 0 Å². The number of halogens is 2. The zero-order chi connectivity index (χ0) is 11.3. The predicted octanol–water partition coefficient (Wildman–Crippen LogP) is 1.60. The Balaban J connectivity index is 2.54. The minimum atomic E-state index is -0.350. The number of rotatable bonds is 2. The molecule has 0 heterocycles. The molecule has 0 aliphatic rings. The van der Waals surface area contributed by atoms with Gasteiger partial charge in [-0.2, -0.15) is 0 Å². The molecule has 0 aliphatic heterocycles. The number of alkyl halides is 1. The van der Waals surface area contributed by atoms with Gasteiger partial charge >= 0.3 is 0 Å². The van der Waals surface area contributed by atoms with Crippen molar-refractivity contribution in [1.82, 2.24) is 10.9 Å². The SMILES string of the molecule is O=C(CBr)NNC(=O)c1ccc(Br)cc1. The summed E-state index contributed by atoms with van der Waals surface area (Å²) in [6, 6.07) is 6.81. The molecule has 0 aliphatic carbocycles. The lowest BCUT2D eigenvalue weighted by molar-refractivity contribution is -0.119. The van der Waals surface area contributed by atoms with Crippen LogP contribution in [0.5, 0.6) is 0 Å². The number of carbonyl (C=O) groups excluding carboxylic acids is 2. The second-order valence-corrected chi connectivity index (χ2v) is 4.12. The topological polar surface area (TPSA) is 58.2 Å². The monoisotopic (exact) mass is 334 g/mol. The minimum absolute atomic E-state index is 0.146. The van der Waals surface area contributed by atoms with Crippen LogP contribution in [0.15, 0.2) is 28.7 Å². The van der Waals surface area contributed by atoms with Crippen LogP contribution in [0.3, 0.4) is 0 Å². The highest BCUT2D eigenvalue weighted by Gasteiger charge is 2.05. The molecule has 2 amide bonds. The molecule has 2 N–H and O–H groups in total. The fourth-order valence-corrected chi connectivity index (χ4v) is 1.24. The Morgan fingerprint density at radius 3 is 2.27 bits per heavy atom. The Bertz CT molecular complexity index is 365. The third-order valence-electron chi connectivity index (χ3n) is 1.54. The van der Waals surface area contributed by atoms with Crippen LogP contribution in [0.25, 0.3) is 0 Å². The van der Waals surface area contributed by atoms with Crippen LogP contribution in [0.4, 0.5) is 0 Å². The van der Waals surface area contributed by atoms with Gasteiger partial charge in [0.1, 0.15) is 0 Å². The molecule has 0 spiro atoms. The third-order valence-corrected chi connectivity index (χ3v) is 2.58. The standard InChI is InChI=1S/C9H8Br2N2O2/c10-5-8(14)12-13-9(15)6-1-3-7(11)4-2-6/h1-4H,5H2,(H,12,14)(H,13,15). The lowest BCUT2D eigenvalue weighted by Crippen LogP contribution is -2.42. The van der Waals surface area contributed by atoms with Crippen molar-refractivity contribution < 1.29 is 9.59 Å². The average molecular weight is 336 g/mol. The van der Waals surface area contributed by atoms with E-state index in [1.54, 1.807) is 24.3 Å². The van der Waals surface area contributed by atoms with Gasteiger partial charge in [-0.05, 0) is 24.3 Å². The van der Waals surface area contributed by atoms with Crippen molar-refractivity contribution in [3.05, 3.63) is 34.3 Å². The van der Waals surface area contributed by atoms with E-state index in [1.807, 2.05) is 0 Å². The summed E-state index contributed by atoms with van der Waals surface area (Å²) < 4.78 is 0.892. The van der Waals surface area contributed by atoms with Crippen molar-refractivity contribution in [3.63, 3.8) is 0 Å². The zero-order valence-electron chi connectivity index (χ0n) is 7.59. The quantitative estimate of drug-likeness (QED) is 0.637. The maximum Gasteiger partial charge on any atom is 0.269 e. The highest BCUT2D eigenvalue weighted by atomic mass is 79.9. The summed E-state index contributed by atoms with van der Waals surface area (Å²) in [6.45, 7) is 0. The largest absolute Gasteiger partial charge is 0.272 e. The lowest BCUT2D eigenvalue weighted by Gasteiger charge is -2.05. The summed E-state index contributed by atoms with van der Waals surface area (Å²) >= 11 is 6.22. The van der Waals surface area contributed by atoms with Gasteiger partial charge in [-0.25, -0.2) is 0 Å². The maximum atomic E-state index is 11.4. The number of hydrogen-bond donors (Lipinski definition) is 2. The number of hydrazine groups is 1. The van der Waals surface area contributed by atoms with E-state index >= 15 is 0 Å². The number of carbonyl (C=O) groups is 2. The van der Waals surface area contributed by atoms with Gasteiger partial charge < -0.3 is 0 Å². The summed E-state index contributed by atoms with van der Waals surface area (Å²) in [7, 11) is 0. The van der Waals surface area contributed by atoms with Gasteiger partial charge in [0, 0.05) is 10.0 Å². The molecule has 80 valence electrons. The lowest BCUT2D eigenvalue weighted by atomic mass is 10.2. The first-order valence-corrected chi connectivity index (χ1v) is 5.95. The molecule has 0 atom stereocenters. The van der Waals surface area contributed by atoms with E-state index in [9.17, 15) is 9.59 Å². The van der Waals surface area contributed by atoms with E-state index in [-0.39, 0.29) is 17.1 Å². The molecule has 15 heavy (non-hydrogen) atoms. The Morgan fingerprint density at radius 2 is 1.73 bits per heavy atom.